The zero-order chi connectivity index (χ0) is 14.2. The third-order valence-electron chi connectivity index (χ3n) is 3.25. The van der Waals surface area contributed by atoms with Gasteiger partial charge in [0.15, 0.2) is 0 Å². The van der Waals surface area contributed by atoms with Gasteiger partial charge in [0.05, 0.1) is 5.25 Å². The zero-order valence-electron chi connectivity index (χ0n) is 10.9. The number of rotatable bonds is 5. The second-order valence-electron chi connectivity index (χ2n) is 5.07. The van der Waals surface area contributed by atoms with Crippen LogP contribution in [0.15, 0.2) is 18.2 Å². The summed E-state index contributed by atoms with van der Waals surface area (Å²) < 4.78 is 39.8. The molecule has 0 heterocycles. The maximum atomic E-state index is 13.8. The maximum Gasteiger partial charge on any atom is 0.216 e. The third-order valence-corrected chi connectivity index (χ3v) is 5.88. The van der Waals surface area contributed by atoms with Gasteiger partial charge in [0, 0.05) is 23.2 Å². The number of hydrogen-bond acceptors (Lipinski definition) is 2. The topological polar surface area (TPSA) is 37.4 Å². The first kappa shape index (κ1) is 14.8. The van der Waals surface area contributed by atoms with E-state index in [2.05, 4.69) is 0 Å². The van der Waals surface area contributed by atoms with Crippen LogP contribution in [0.5, 0.6) is 0 Å². The fraction of sp³-hybridized carbons (Fsp3) is 0.538. The monoisotopic (exact) mass is 305 g/mol. The Balaban J connectivity index is 2.33. The molecule has 2 rings (SSSR count). The summed E-state index contributed by atoms with van der Waals surface area (Å²) in [7, 11) is -3.40. The Morgan fingerprint density at radius 2 is 2.05 bits per heavy atom. The minimum Gasteiger partial charge on any atom is -0.212 e. The lowest BCUT2D eigenvalue weighted by Crippen LogP contribution is -2.37. The Bertz CT molecular complexity index is 550. The SMILES string of the molecule is CC(C)S(=O)(=O)N(Cc1c(F)cccc1Cl)C1CC1. The van der Waals surface area contributed by atoms with Crippen molar-refractivity contribution < 1.29 is 12.8 Å². The summed E-state index contributed by atoms with van der Waals surface area (Å²) in [4.78, 5) is 0. The van der Waals surface area contributed by atoms with Crippen molar-refractivity contribution in [2.45, 2.75) is 44.5 Å². The van der Waals surface area contributed by atoms with Crippen LogP contribution in [-0.2, 0) is 16.6 Å². The Morgan fingerprint density at radius 3 is 2.53 bits per heavy atom. The molecule has 0 radical (unpaired) electrons. The number of nitrogens with zero attached hydrogens (tertiary/aromatic N) is 1. The van der Waals surface area contributed by atoms with Gasteiger partial charge in [-0.2, -0.15) is 4.31 Å². The number of sulfonamides is 1. The van der Waals surface area contributed by atoms with Crippen LogP contribution in [0.3, 0.4) is 0 Å². The van der Waals surface area contributed by atoms with E-state index in [1.165, 1.54) is 16.4 Å². The molecule has 0 aromatic heterocycles. The molecule has 0 N–H and O–H groups in total. The van der Waals surface area contributed by atoms with Gasteiger partial charge in [-0.1, -0.05) is 17.7 Å². The molecule has 1 aliphatic rings. The van der Waals surface area contributed by atoms with Crippen molar-refractivity contribution >= 4 is 21.6 Å². The highest BCUT2D eigenvalue weighted by Crippen LogP contribution is 2.34. The van der Waals surface area contributed by atoms with Gasteiger partial charge in [-0.05, 0) is 38.8 Å². The smallest absolute Gasteiger partial charge is 0.212 e. The predicted molar refractivity (Wildman–Crippen MR) is 74.0 cm³/mol. The van der Waals surface area contributed by atoms with E-state index in [1.54, 1.807) is 19.9 Å². The number of halogens is 2. The highest BCUT2D eigenvalue weighted by molar-refractivity contribution is 7.89. The first-order chi connectivity index (χ1) is 8.84. The number of hydrogen-bond donors (Lipinski definition) is 0. The van der Waals surface area contributed by atoms with E-state index in [9.17, 15) is 12.8 Å². The first-order valence-electron chi connectivity index (χ1n) is 6.27. The molecule has 1 fully saturated rings. The summed E-state index contributed by atoms with van der Waals surface area (Å²) in [6.07, 6.45) is 1.66. The molecular weight excluding hydrogens is 289 g/mol. The van der Waals surface area contributed by atoms with Crippen molar-refractivity contribution in [1.82, 2.24) is 4.31 Å². The van der Waals surface area contributed by atoms with E-state index in [4.69, 9.17) is 11.6 Å². The lowest BCUT2D eigenvalue weighted by atomic mass is 10.2. The Kier molecular flexibility index (Phi) is 4.18. The second-order valence-corrected chi connectivity index (χ2v) is 7.92. The predicted octanol–water partition coefficient (Wildman–Crippen LogP) is 3.18. The Labute approximate surface area is 118 Å². The van der Waals surface area contributed by atoms with E-state index >= 15 is 0 Å². The molecule has 1 saturated carbocycles. The van der Waals surface area contributed by atoms with Gasteiger partial charge in [0.1, 0.15) is 5.82 Å². The van der Waals surface area contributed by atoms with Gasteiger partial charge in [-0.25, -0.2) is 12.8 Å². The average molecular weight is 306 g/mol. The van der Waals surface area contributed by atoms with Crippen LogP contribution in [-0.4, -0.2) is 24.0 Å². The lowest BCUT2D eigenvalue weighted by molar-refractivity contribution is 0.387. The van der Waals surface area contributed by atoms with Gasteiger partial charge in [0.25, 0.3) is 0 Å². The van der Waals surface area contributed by atoms with Crippen LogP contribution in [0.25, 0.3) is 0 Å². The van der Waals surface area contributed by atoms with Crippen LogP contribution < -0.4 is 0 Å². The van der Waals surface area contributed by atoms with E-state index < -0.39 is 21.1 Å². The summed E-state index contributed by atoms with van der Waals surface area (Å²) in [5, 5.41) is -0.247. The van der Waals surface area contributed by atoms with Crippen molar-refractivity contribution in [3.05, 3.63) is 34.6 Å². The van der Waals surface area contributed by atoms with Crippen molar-refractivity contribution in [2.75, 3.05) is 0 Å². The maximum absolute atomic E-state index is 13.8. The fourth-order valence-electron chi connectivity index (χ4n) is 1.90. The number of benzene rings is 1. The molecule has 3 nitrogen and oxygen atoms in total. The molecule has 0 atom stereocenters. The van der Waals surface area contributed by atoms with Crippen molar-refractivity contribution in [3.8, 4) is 0 Å². The van der Waals surface area contributed by atoms with Crippen molar-refractivity contribution in [2.24, 2.45) is 0 Å². The van der Waals surface area contributed by atoms with Gasteiger partial charge in [0.2, 0.25) is 10.0 Å². The van der Waals surface area contributed by atoms with E-state index in [-0.39, 0.29) is 23.2 Å². The van der Waals surface area contributed by atoms with Crippen LogP contribution in [0.4, 0.5) is 4.39 Å². The Morgan fingerprint density at radius 1 is 1.42 bits per heavy atom. The van der Waals surface area contributed by atoms with Crippen LogP contribution >= 0.6 is 11.6 Å². The molecule has 19 heavy (non-hydrogen) atoms. The fourth-order valence-corrected chi connectivity index (χ4v) is 3.60. The minimum atomic E-state index is -3.40. The van der Waals surface area contributed by atoms with E-state index in [0.717, 1.165) is 12.8 Å². The molecule has 1 aromatic rings. The summed E-state index contributed by atoms with van der Waals surface area (Å²) >= 11 is 5.97. The highest BCUT2D eigenvalue weighted by Gasteiger charge is 2.39. The Hall–Kier alpha value is -0.650. The van der Waals surface area contributed by atoms with Crippen LogP contribution in [0, 0.1) is 5.82 Å². The summed E-state index contributed by atoms with van der Waals surface area (Å²) in [6, 6.07) is 4.38. The highest BCUT2D eigenvalue weighted by atomic mass is 35.5. The van der Waals surface area contributed by atoms with Crippen LogP contribution in [0.1, 0.15) is 32.3 Å². The summed E-state index contributed by atoms with van der Waals surface area (Å²) in [5.74, 6) is -0.461. The average Bonchev–Trinajstić information content (AvgIpc) is 3.12. The van der Waals surface area contributed by atoms with Gasteiger partial charge in [-0.3, -0.25) is 0 Å². The van der Waals surface area contributed by atoms with Crippen LogP contribution in [0.2, 0.25) is 5.02 Å². The third kappa shape index (κ3) is 3.09. The van der Waals surface area contributed by atoms with Gasteiger partial charge < -0.3 is 0 Å². The standard InChI is InChI=1S/C13H17ClFNO2S/c1-9(2)19(17,18)16(10-6-7-10)8-11-12(14)4-3-5-13(11)15/h3-5,9-10H,6-8H2,1-2H3. The van der Waals surface area contributed by atoms with E-state index in [1.807, 2.05) is 0 Å². The molecule has 0 bridgehead atoms. The van der Waals surface area contributed by atoms with Crippen molar-refractivity contribution in [3.63, 3.8) is 0 Å². The molecule has 0 unspecified atom stereocenters. The zero-order valence-corrected chi connectivity index (χ0v) is 12.5. The largest absolute Gasteiger partial charge is 0.216 e. The normalized spacial score (nSPS) is 16.3. The molecule has 1 aromatic carbocycles. The molecule has 6 heteroatoms. The molecule has 1 aliphatic carbocycles. The summed E-state index contributed by atoms with van der Waals surface area (Å²) in [6.45, 7) is 3.28. The minimum absolute atomic E-state index is 0.0106. The lowest BCUT2D eigenvalue weighted by Gasteiger charge is -2.24. The molecule has 106 valence electrons. The molecule has 0 spiro atoms. The molecule has 0 saturated heterocycles. The quantitative estimate of drug-likeness (QED) is 0.838. The molecular formula is C13H17ClFNO2S. The van der Waals surface area contributed by atoms with Gasteiger partial charge in [-0.15, -0.1) is 0 Å². The van der Waals surface area contributed by atoms with E-state index in [0.29, 0.717) is 0 Å². The molecule has 0 amide bonds. The van der Waals surface area contributed by atoms with Gasteiger partial charge >= 0.3 is 0 Å². The van der Waals surface area contributed by atoms with Crippen molar-refractivity contribution in [1.29, 1.82) is 0 Å². The summed E-state index contributed by atoms with van der Waals surface area (Å²) in [5.41, 5.74) is 0.250. The second kappa shape index (κ2) is 5.38. The molecule has 0 aliphatic heterocycles. The first-order valence-corrected chi connectivity index (χ1v) is 8.15.